The lowest BCUT2D eigenvalue weighted by Crippen LogP contribution is -2.36. The van der Waals surface area contributed by atoms with Crippen LogP contribution in [0.4, 0.5) is 10.6 Å². The fraction of sp³-hybridized carbons (Fsp3) is 0.381. The number of carbonyl (C=O) groups excluding carboxylic acids is 2. The van der Waals surface area contributed by atoms with Crippen LogP contribution in [0.25, 0.3) is 0 Å². The van der Waals surface area contributed by atoms with Crippen molar-refractivity contribution in [2.24, 2.45) is 5.41 Å². The summed E-state index contributed by atoms with van der Waals surface area (Å²) < 4.78 is 0. The first kappa shape index (κ1) is 23.0. The van der Waals surface area contributed by atoms with Crippen LogP contribution in [-0.2, 0) is 17.8 Å². The van der Waals surface area contributed by atoms with Gasteiger partial charge in [-0.1, -0.05) is 56.1 Å². The first-order chi connectivity index (χ1) is 13.6. The number of amides is 3. The summed E-state index contributed by atoms with van der Waals surface area (Å²) in [5.41, 5.74) is 1.55. The molecule has 0 radical (unpaired) electrons. The lowest BCUT2D eigenvalue weighted by molar-refractivity contribution is -0.117. The smallest absolute Gasteiger partial charge is 0.315 e. The number of rotatable bonds is 7. The van der Waals surface area contributed by atoms with E-state index in [0.717, 1.165) is 11.3 Å². The molecule has 0 aliphatic heterocycles. The quantitative estimate of drug-likeness (QED) is 0.582. The molecule has 2 aromatic rings. The van der Waals surface area contributed by atoms with Crippen molar-refractivity contribution in [3.8, 4) is 0 Å². The molecule has 1 heterocycles. The molecule has 0 spiro atoms. The summed E-state index contributed by atoms with van der Waals surface area (Å²) in [6.45, 7) is 6.79. The third-order valence-electron chi connectivity index (χ3n) is 3.87. The molecule has 8 heteroatoms. The summed E-state index contributed by atoms with van der Waals surface area (Å²) in [6.07, 6.45) is 0.961. The van der Waals surface area contributed by atoms with E-state index in [9.17, 15) is 9.59 Å². The molecule has 156 valence electrons. The molecule has 0 saturated heterocycles. The minimum atomic E-state index is -0.286. The number of benzene rings is 1. The Labute approximate surface area is 181 Å². The molecule has 3 amide bonds. The van der Waals surface area contributed by atoms with Crippen LogP contribution >= 0.6 is 23.2 Å². The van der Waals surface area contributed by atoms with Gasteiger partial charge in [-0.05, 0) is 35.2 Å². The van der Waals surface area contributed by atoms with Gasteiger partial charge in [0, 0.05) is 31.6 Å². The van der Waals surface area contributed by atoms with Crippen molar-refractivity contribution in [2.75, 3.05) is 11.9 Å². The molecule has 0 unspecified atom stereocenters. The third kappa shape index (κ3) is 8.71. The van der Waals surface area contributed by atoms with Gasteiger partial charge in [0.2, 0.25) is 5.91 Å². The van der Waals surface area contributed by atoms with Crippen LogP contribution in [0.5, 0.6) is 0 Å². The number of halogens is 2. The molecule has 0 aliphatic carbocycles. The highest BCUT2D eigenvalue weighted by molar-refractivity contribution is 6.42. The Balaban J connectivity index is 1.76. The molecular weight excluding hydrogens is 411 g/mol. The SMILES string of the molecule is CC(C)(C)CC(=O)Nc1cccc(CCNC(=O)NCc2ccc(Cl)c(Cl)c2)n1. The van der Waals surface area contributed by atoms with E-state index < -0.39 is 0 Å². The Hall–Kier alpha value is -2.31. The van der Waals surface area contributed by atoms with E-state index in [4.69, 9.17) is 23.2 Å². The number of anilines is 1. The summed E-state index contributed by atoms with van der Waals surface area (Å²) >= 11 is 11.8. The fourth-order valence-corrected chi connectivity index (χ4v) is 2.88. The third-order valence-corrected chi connectivity index (χ3v) is 4.61. The molecule has 1 aromatic heterocycles. The van der Waals surface area contributed by atoms with Gasteiger partial charge in [-0.2, -0.15) is 0 Å². The van der Waals surface area contributed by atoms with Crippen LogP contribution in [0.15, 0.2) is 36.4 Å². The van der Waals surface area contributed by atoms with Gasteiger partial charge < -0.3 is 16.0 Å². The monoisotopic (exact) mass is 436 g/mol. The Kier molecular flexibility index (Phi) is 8.29. The van der Waals surface area contributed by atoms with Crippen LogP contribution < -0.4 is 16.0 Å². The van der Waals surface area contributed by atoms with E-state index in [0.29, 0.717) is 41.8 Å². The molecule has 0 fully saturated rings. The van der Waals surface area contributed by atoms with Crippen molar-refractivity contribution in [1.29, 1.82) is 0 Å². The van der Waals surface area contributed by atoms with E-state index in [1.807, 2.05) is 32.9 Å². The number of carbonyl (C=O) groups is 2. The van der Waals surface area contributed by atoms with Crippen molar-refractivity contribution >= 4 is 41.0 Å². The van der Waals surface area contributed by atoms with Crippen LogP contribution in [0.3, 0.4) is 0 Å². The van der Waals surface area contributed by atoms with E-state index >= 15 is 0 Å². The molecule has 6 nitrogen and oxygen atoms in total. The van der Waals surface area contributed by atoms with Gasteiger partial charge in [0.25, 0.3) is 0 Å². The molecule has 3 N–H and O–H groups in total. The summed E-state index contributed by atoms with van der Waals surface area (Å²) in [7, 11) is 0. The van der Waals surface area contributed by atoms with Crippen molar-refractivity contribution in [3.05, 3.63) is 57.7 Å². The Morgan fingerprint density at radius 1 is 1.03 bits per heavy atom. The zero-order valence-corrected chi connectivity index (χ0v) is 18.3. The van der Waals surface area contributed by atoms with E-state index in [1.165, 1.54) is 0 Å². The highest BCUT2D eigenvalue weighted by Gasteiger charge is 2.16. The second-order valence-corrected chi connectivity index (χ2v) is 8.72. The maximum Gasteiger partial charge on any atom is 0.315 e. The van der Waals surface area contributed by atoms with E-state index in [-0.39, 0.29) is 17.4 Å². The summed E-state index contributed by atoms with van der Waals surface area (Å²) in [5, 5.41) is 9.29. The topological polar surface area (TPSA) is 83.1 Å². The summed E-state index contributed by atoms with van der Waals surface area (Å²) in [5.74, 6) is 0.447. The largest absolute Gasteiger partial charge is 0.338 e. The number of urea groups is 1. The zero-order chi connectivity index (χ0) is 21.4. The number of hydrogen-bond donors (Lipinski definition) is 3. The normalized spacial score (nSPS) is 11.1. The van der Waals surface area contributed by atoms with Gasteiger partial charge >= 0.3 is 6.03 Å². The van der Waals surface area contributed by atoms with Crippen molar-refractivity contribution in [2.45, 2.75) is 40.2 Å². The van der Waals surface area contributed by atoms with E-state index in [2.05, 4.69) is 20.9 Å². The predicted octanol–water partition coefficient (Wildman–Crippen LogP) is 4.81. The Bertz CT molecular complexity index is 866. The average Bonchev–Trinajstić information content (AvgIpc) is 2.61. The van der Waals surface area contributed by atoms with Gasteiger partial charge in [-0.15, -0.1) is 0 Å². The minimum Gasteiger partial charge on any atom is -0.338 e. The van der Waals surface area contributed by atoms with Gasteiger partial charge in [-0.3, -0.25) is 4.79 Å². The summed E-state index contributed by atoms with van der Waals surface area (Å²) in [6, 6.07) is 10.4. The maximum absolute atomic E-state index is 12.0. The number of nitrogens with zero attached hydrogens (tertiary/aromatic N) is 1. The standard InChI is InChI=1S/C21H26Cl2N4O2/c1-21(2,3)12-19(28)27-18-6-4-5-15(26-18)9-10-24-20(29)25-13-14-7-8-16(22)17(23)11-14/h4-8,11H,9-10,12-13H2,1-3H3,(H2,24,25,29)(H,26,27,28). The minimum absolute atomic E-state index is 0.0676. The lowest BCUT2D eigenvalue weighted by atomic mass is 9.92. The van der Waals surface area contributed by atoms with Gasteiger partial charge in [-0.25, -0.2) is 9.78 Å². The van der Waals surface area contributed by atoms with Gasteiger partial charge in [0.15, 0.2) is 0 Å². The van der Waals surface area contributed by atoms with Crippen molar-refractivity contribution < 1.29 is 9.59 Å². The van der Waals surface area contributed by atoms with E-state index in [1.54, 1.807) is 24.3 Å². The fourth-order valence-electron chi connectivity index (χ4n) is 2.56. The molecule has 0 aliphatic rings. The average molecular weight is 437 g/mol. The Morgan fingerprint density at radius 2 is 1.79 bits per heavy atom. The molecular formula is C21H26Cl2N4O2. The number of nitrogens with one attached hydrogen (secondary N) is 3. The number of aromatic nitrogens is 1. The lowest BCUT2D eigenvalue weighted by Gasteiger charge is -2.17. The maximum atomic E-state index is 12.0. The number of pyridine rings is 1. The summed E-state index contributed by atoms with van der Waals surface area (Å²) in [4.78, 5) is 28.4. The number of hydrogen-bond acceptors (Lipinski definition) is 3. The second-order valence-electron chi connectivity index (χ2n) is 7.91. The van der Waals surface area contributed by atoms with Crippen LogP contribution in [-0.4, -0.2) is 23.5 Å². The predicted molar refractivity (Wildman–Crippen MR) is 117 cm³/mol. The highest BCUT2D eigenvalue weighted by Crippen LogP contribution is 2.22. The molecule has 1 aromatic carbocycles. The molecule has 0 atom stereocenters. The molecule has 29 heavy (non-hydrogen) atoms. The van der Waals surface area contributed by atoms with Crippen molar-refractivity contribution in [1.82, 2.24) is 15.6 Å². The Morgan fingerprint density at radius 3 is 2.48 bits per heavy atom. The molecule has 0 saturated carbocycles. The molecule has 0 bridgehead atoms. The zero-order valence-electron chi connectivity index (χ0n) is 16.8. The first-order valence-electron chi connectivity index (χ1n) is 9.34. The van der Waals surface area contributed by atoms with Gasteiger partial charge in [0.05, 0.1) is 10.0 Å². The first-order valence-corrected chi connectivity index (χ1v) is 10.1. The van der Waals surface area contributed by atoms with Crippen LogP contribution in [0.1, 0.15) is 38.4 Å². The van der Waals surface area contributed by atoms with Gasteiger partial charge in [0.1, 0.15) is 5.82 Å². The molecule has 2 rings (SSSR count). The van der Waals surface area contributed by atoms with Crippen LogP contribution in [0.2, 0.25) is 10.0 Å². The van der Waals surface area contributed by atoms with Crippen molar-refractivity contribution in [3.63, 3.8) is 0 Å². The highest BCUT2D eigenvalue weighted by atomic mass is 35.5. The second kappa shape index (κ2) is 10.5. The van der Waals surface area contributed by atoms with Crippen LogP contribution in [0, 0.1) is 5.41 Å².